The monoisotopic (exact) mass is 275 g/mol. The lowest BCUT2D eigenvalue weighted by Crippen LogP contribution is -2.49. The predicted octanol–water partition coefficient (Wildman–Crippen LogP) is 1.47. The summed E-state index contributed by atoms with van der Waals surface area (Å²) in [5.74, 6) is 0.0957. The van der Waals surface area contributed by atoms with E-state index in [1.807, 2.05) is 18.2 Å². The number of fused-ring (bicyclic) bond motifs is 2. The van der Waals surface area contributed by atoms with Crippen molar-refractivity contribution >= 4 is 11.9 Å². The molecule has 0 aliphatic carbocycles. The molecule has 2 aliphatic heterocycles. The highest BCUT2D eigenvalue weighted by Gasteiger charge is 2.38. The van der Waals surface area contributed by atoms with Crippen molar-refractivity contribution in [2.24, 2.45) is 5.92 Å². The number of carbonyl (C=O) groups is 2. The summed E-state index contributed by atoms with van der Waals surface area (Å²) in [5.41, 5.74) is 0.570. The minimum absolute atomic E-state index is 0.0378. The third-order valence-electron chi connectivity index (χ3n) is 4.05. The van der Waals surface area contributed by atoms with Crippen LogP contribution in [0, 0.1) is 5.92 Å². The summed E-state index contributed by atoms with van der Waals surface area (Å²) in [6.07, 6.45) is 1.50. The average molecular weight is 275 g/mol. The van der Waals surface area contributed by atoms with Crippen LogP contribution in [0.4, 0.5) is 0 Å². The van der Waals surface area contributed by atoms with E-state index in [0.717, 1.165) is 12.8 Å². The van der Waals surface area contributed by atoms with Gasteiger partial charge in [-0.25, -0.2) is 0 Å². The number of rotatable bonds is 1. The van der Waals surface area contributed by atoms with Gasteiger partial charge in [0.2, 0.25) is 0 Å². The van der Waals surface area contributed by atoms with Crippen molar-refractivity contribution in [3.05, 3.63) is 29.8 Å². The second kappa shape index (κ2) is 5.15. The molecule has 0 radical (unpaired) electrons. The highest BCUT2D eigenvalue weighted by molar-refractivity contribution is 5.97. The van der Waals surface area contributed by atoms with Gasteiger partial charge in [-0.2, -0.15) is 0 Å². The molecular weight excluding hydrogens is 258 g/mol. The Morgan fingerprint density at radius 3 is 2.95 bits per heavy atom. The van der Waals surface area contributed by atoms with Crippen LogP contribution in [0.2, 0.25) is 0 Å². The van der Waals surface area contributed by atoms with Gasteiger partial charge in [-0.3, -0.25) is 9.59 Å². The fourth-order valence-electron chi connectivity index (χ4n) is 2.92. The van der Waals surface area contributed by atoms with Gasteiger partial charge in [0.25, 0.3) is 5.91 Å². The number of hydrogen-bond acceptors (Lipinski definition) is 4. The number of carbonyl (C=O) groups excluding carboxylic acids is 2. The van der Waals surface area contributed by atoms with Crippen molar-refractivity contribution in [1.82, 2.24) is 4.90 Å². The van der Waals surface area contributed by atoms with Crippen LogP contribution in [0.15, 0.2) is 24.3 Å². The van der Waals surface area contributed by atoms with Gasteiger partial charge < -0.3 is 14.4 Å². The first kappa shape index (κ1) is 13.0. The summed E-state index contributed by atoms with van der Waals surface area (Å²) in [7, 11) is 1.39. The SMILES string of the molecule is COC(=O)C1CCC2COc3ccccc3C(=O)N2C1. The second-order valence-electron chi connectivity index (χ2n) is 5.22. The molecule has 2 atom stereocenters. The second-order valence-corrected chi connectivity index (χ2v) is 5.22. The maximum absolute atomic E-state index is 12.6. The topological polar surface area (TPSA) is 55.8 Å². The molecule has 2 heterocycles. The van der Waals surface area contributed by atoms with E-state index < -0.39 is 0 Å². The molecule has 20 heavy (non-hydrogen) atoms. The summed E-state index contributed by atoms with van der Waals surface area (Å²) in [4.78, 5) is 26.1. The molecule has 106 valence electrons. The summed E-state index contributed by atoms with van der Waals surface area (Å²) in [6.45, 7) is 0.893. The summed E-state index contributed by atoms with van der Waals surface area (Å²) >= 11 is 0. The van der Waals surface area contributed by atoms with E-state index in [4.69, 9.17) is 9.47 Å². The molecule has 5 heteroatoms. The molecule has 1 aromatic rings. The Morgan fingerprint density at radius 2 is 2.15 bits per heavy atom. The van der Waals surface area contributed by atoms with Crippen molar-refractivity contribution in [3.63, 3.8) is 0 Å². The first-order chi connectivity index (χ1) is 9.70. The Kier molecular flexibility index (Phi) is 3.34. The third kappa shape index (κ3) is 2.13. The van der Waals surface area contributed by atoms with E-state index in [1.54, 1.807) is 11.0 Å². The number of ether oxygens (including phenoxy) is 2. The largest absolute Gasteiger partial charge is 0.491 e. The molecule has 0 aromatic heterocycles. The smallest absolute Gasteiger partial charge is 0.310 e. The molecule has 2 aliphatic rings. The van der Waals surface area contributed by atoms with Crippen LogP contribution in [0.5, 0.6) is 5.75 Å². The third-order valence-corrected chi connectivity index (χ3v) is 4.05. The summed E-state index contributed by atoms with van der Waals surface area (Å²) < 4.78 is 10.5. The molecule has 1 saturated heterocycles. The van der Waals surface area contributed by atoms with Gasteiger partial charge >= 0.3 is 5.97 Å². The number of benzene rings is 1. The fourth-order valence-corrected chi connectivity index (χ4v) is 2.92. The zero-order valence-electron chi connectivity index (χ0n) is 11.4. The zero-order valence-corrected chi connectivity index (χ0v) is 11.4. The lowest BCUT2D eigenvalue weighted by molar-refractivity contribution is -0.147. The fraction of sp³-hybridized carbons (Fsp3) is 0.467. The van der Waals surface area contributed by atoms with Gasteiger partial charge in [0.05, 0.1) is 24.6 Å². The van der Waals surface area contributed by atoms with Crippen LogP contribution in [-0.4, -0.2) is 43.1 Å². The summed E-state index contributed by atoms with van der Waals surface area (Å²) in [5, 5.41) is 0. The van der Waals surface area contributed by atoms with Crippen molar-refractivity contribution in [2.45, 2.75) is 18.9 Å². The highest BCUT2D eigenvalue weighted by atomic mass is 16.5. The molecule has 0 saturated carbocycles. The van der Waals surface area contributed by atoms with E-state index in [1.165, 1.54) is 7.11 Å². The van der Waals surface area contributed by atoms with Crippen LogP contribution in [0.1, 0.15) is 23.2 Å². The quantitative estimate of drug-likeness (QED) is 0.728. The van der Waals surface area contributed by atoms with Crippen molar-refractivity contribution < 1.29 is 19.1 Å². The molecule has 0 bridgehead atoms. The normalized spacial score (nSPS) is 25.1. The number of hydrogen-bond donors (Lipinski definition) is 0. The van der Waals surface area contributed by atoms with E-state index in [9.17, 15) is 9.59 Å². The first-order valence-corrected chi connectivity index (χ1v) is 6.81. The van der Waals surface area contributed by atoms with Crippen LogP contribution in [0.3, 0.4) is 0 Å². The number of amides is 1. The van der Waals surface area contributed by atoms with E-state index in [2.05, 4.69) is 0 Å². The lowest BCUT2D eigenvalue weighted by atomic mass is 9.92. The maximum atomic E-state index is 12.6. The van der Waals surface area contributed by atoms with Gasteiger partial charge in [-0.1, -0.05) is 12.1 Å². The van der Waals surface area contributed by atoms with Gasteiger partial charge in [0.1, 0.15) is 12.4 Å². The number of para-hydroxylation sites is 1. The van der Waals surface area contributed by atoms with E-state index in [0.29, 0.717) is 24.5 Å². The van der Waals surface area contributed by atoms with Crippen LogP contribution in [0.25, 0.3) is 0 Å². The lowest BCUT2D eigenvalue weighted by Gasteiger charge is -2.36. The molecule has 1 amide bonds. The number of nitrogens with zero attached hydrogens (tertiary/aromatic N) is 1. The minimum atomic E-state index is -0.241. The van der Waals surface area contributed by atoms with Crippen LogP contribution >= 0.6 is 0 Å². The van der Waals surface area contributed by atoms with Crippen molar-refractivity contribution in [2.75, 3.05) is 20.3 Å². The Bertz CT molecular complexity index is 542. The number of esters is 1. The van der Waals surface area contributed by atoms with Crippen molar-refractivity contribution in [3.8, 4) is 5.75 Å². The Labute approximate surface area is 117 Å². The highest BCUT2D eigenvalue weighted by Crippen LogP contribution is 2.31. The van der Waals surface area contributed by atoms with Gasteiger partial charge in [0.15, 0.2) is 0 Å². The Hall–Kier alpha value is -2.04. The Morgan fingerprint density at radius 1 is 1.35 bits per heavy atom. The minimum Gasteiger partial charge on any atom is -0.491 e. The van der Waals surface area contributed by atoms with Gasteiger partial charge in [-0.15, -0.1) is 0 Å². The van der Waals surface area contributed by atoms with E-state index >= 15 is 0 Å². The number of methoxy groups -OCH3 is 1. The molecule has 1 aromatic carbocycles. The zero-order chi connectivity index (χ0) is 14.1. The average Bonchev–Trinajstić information content (AvgIpc) is 2.64. The maximum Gasteiger partial charge on any atom is 0.310 e. The van der Waals surface area contributed by atoms with Crippen LogP contribution in [-0.2, 0) is 9.53 Å². The molecule has 0 N–H and O–H groups in total. The molecular formula is C15H17NO4. The molecule has 5 nitrogen and oxygen atoms in total. The standard InChI is InChI=1S/C15H17NO4/c1-19-15(18)10-6-7-11-9-20-13-5-3-2-4-12(13)14(17)16(11)8-10/h2-5,10-11H,6-9H2,1H3. The number of piperidine rings is 1. The molecule has 1 fully saturated rings. The van der Waals surface area contributed by atoms with Crippen LogP contribution < -0.4 is 4.74 Å². The van der Waals surface area contributed by atoms with Gasteiger partial charge in [-0.05, 0) is 25.0 Å². The predicted molar refractivity (Wildman–Crippen MR) is 71.5 cm³/mol. The molecule has 2 unspecified atom stereocenters. The van der Waals surface area contributed by atoms with E-state index in [-0.39, 0.29) is 23.8 Å². The first-order valence-electron chi connectivity index (χ1n) is 6.81. The molecule has 3 rings (SSSR count). The Balaban J connectivity index is 1.88. The van der Waals surface area contributed by atoms with Crippen molar-refractivity contribution in [1.29, 1.82) is 0 Å². The molecule has 0 spiro atoms. The van der Waals surface area contributed by atoms with Gasteiger partial charge in [0, 0.05) is 6.54 Å². The summed E-state index contributed by atoms with van der Waals surface area (Å²) in [6, 6.07) is 7.29.